The van der Waals surface area contributed by atoms with Crippen molar-refractivity contribution in [3.63, 3.8) is 0 Å². The van der Waals surface area contributed by atoms with Gasteiger partial charge >= 0.3 is 19.5 Å². The number of likely N-dealkylation sites (N-methyl/N-ethyl adjacent to an activating group) is 2. The largest absolute Gasteiger partial charge is 2.00 e. The van der Waals surface area contributed by atoms with Crippen molar-refractivity contribution in [2.45, 2.75) is 78.8 Å². The van der Waals surface area contributed by atoms with E-state index in [0.29, 0.717) is 0 Å². The zero-order valence-electron chi connectivity index (χ0n) is 20.0. The molecule has 0 aromatic heterocycles. The molecule has 0 rings (SSSR count). The van der Waals surface area contributed by atoms with Gasteiger partial charge in [-0.3, -0.25) is 0 Å². The maximum Gasteiger partial charge on any atom is 2.00 e. The van der Waals surface area contributed by atoms with Gasteiger partial charge in [0.05, 0.1) is 0 Å². The van der Waals surface area contributed by atoms with Crippen LogP contribution in [0.2, 0.25) is 0 Å². The topological polar surface area (TPSA) is 62.9 Å². The van der Waals surface area contributed by atoms with E-state index < -0.39 is 0 Å². The molecule has 166 valence electrons. The third-order valence-electron chi connectivity index (χ3n) is 3.03. The molecule has 0 aliphatic rings. The van der Waals surface area contributed by atoms with Crippen molar-refractivity contribution in [2.24, 2.45) is 0 Å². The van der Waals surface area contributed by atoms with E-state index in [9.17, 15) is 0 Å². The van der Waals surface area contributed by atoms with Crippen LogP contribution in [0.4, 0.5) is 0 Å². The Morgan fingerprint density at radius 3 is 1.07 bits per heavy atom. The second-order valence-electron chi connectivity index (χ2n) is 9.28. The number of hydrogen-bond donors (Lipinski definition) is 0. The van der Waals surface area contributed by atoms with Gasteiger partial charge < -0.3 is 31.1 Å². The Labute approximate surface area is 183 Å². The van der Waals surface area contributed by atoms with Crippen LogP contribution in [-0.2, 0) is 19.5 Å². The number of hydrogen-bond acceptors (Lipinski definition) is 2. The molecule has 0 radical (unpaired) electrons. The molecule has 0 heterocycles. The van der Waals surface area contributed by atoms with E-state index in [1.165, 1.54) is 0 Å². The van der Waals surface area contributed by atoms with Gasteiger partial charge in [0.25, 0.3) is 0 Å². The Morgan fingerprint density at radius 1 is 0.630 bits per heavy atom. The van der Waals surface area contributed by atoms with Gasteiger partial charge in [-0.2, -0.15) is 0 Å². The first-order valence-corrected chi connectivity index (χ1v) is 9.69. The maximum absolute atomic E-state index is 4.52. The predicted octanol–water partition coefficient (Wildman–Crippen LogP) is 4.88. The summed E-state index contributed by atoms with van der Waals surface area (Å²) in [7, 11) is 8.23. The van der Waals surface area contributed by atoms with Crippen LogP contribution in [0, 0.1) is 0 Å². The summed E-state index contributed by atoms with van der Waals surface area (Å²) in [6, 6.07) is 0. The molecule has 27 heavy (non-hydrogen) atoms. The van der Waals surface area contributed by atoms with Gasteiger partial charge in [0.2, 0.25) is 0 Å². The quantitative estimate of drug-likeness (QED) is 0.426. The van der Waals surface area contributed by atoms with E-state index in [1.54, 1.807) is 0 Å². The monoisotopic (exact) mass is 472 g/mol. The molecule has 0 spiro atoms. The van der Waals surface area contributed by atoms with Gasteiger partial charge in [-0.05, 0) is 41.3 Å². The van der Waals surface area contributed by atoms with Crippen LogP contribution < -0.4 is 0 Å². The zero-order chi connectivity index (χ0) is 21.0. The summed E-state index contributed by atoms with van der Waals surface area (Å²) < 4.78 is 0. The first-order chi connectivity index (χ1) is 11.6. The molecule has 0 aromatic rings. The fourth-order valence-corrected chi connectivity index (χ4v) is 2.09. The molecule has 2 unspecified atom stereocenters. The second kappa shape index (κ2) is 16.2. The van der Waals surface area contributed by atoms with Gasteiger partial charge in [0.15, 0.2) is 0 Å². The maximum atomic E-state index is 4.52. The molecule has 2 atom stereocenters. The first kappa shape index (κ1) is 32.1. The average Bonchev–Trinajstić information content (AvgIpc) is 2.33. The van der Waals surface area contributed by atoms with E-state index in [0.717, 1.165) is 26.2 Å². The van der Waals surface area contributed by atoms with Crippen molar-refractivity contribution in [2.75, 3.05) is 54.4 Å². The standard InChI is InChI=1S/2C10H23N3.Ru/c2*1-9(12-10(2,3)4)11-7-8-13(5)6;/h2*9H,7-8H2,1-6H3;/q2*-2;+2. The Balaban J connectivity index is -0.000000411. The van der Waals surface area contributed by atoms with Gasteiger partial charge in [0, 0.05) is 0 Å². The number of rotatable bonds is 10. The van der Waals surface area contributed by atoms with Gasteiger partial charge in [-0.1, -0.05) is 41.5 Å². The summed E-state index contributed by atoms with van der Waals surface area (Å²) in [5, 5.41) is 17.9. The van der Waals surface area contributed by atoms with Gasteiger partial charge in [0.1, 0.15) is 0 Å². The summed E-state index contributed by atoms with van der Waals surface area (Å²) in [6.07, 6.45) is 0.250. The molecule has 0 saturated heterocycles. The number of nitrogens with zero attached hydrogens (tertiary/aromatic N) is 6. The Bertz CT molecular complexity index is 291. The van der Waals surface area contributed by atoms with Crippen LogP contribution in [-0.4, -0.2) is 87.6 Å². The summed E-state index contributed by atoms with van der Waals surface area (Å²) in [5.74, 6) is 0. The van der Waals surface area contributed by atoms with Crippen LogP contribution in [0.5, 0.6) is 0 Å². The predicted molar refractivity (Wildman–Crippen MR) is 119 cm³/mol. The van der Waals surface area contributed by atoms with Crippen LogP contribution in [0.25, 0.3) is 21.3 Å². The van der Waals surface area contributed by atoms with E-state index in [-0.39, 0.29) is 42.9 Å². The van der Waals surface area contributed by atoms with E-state index >= 15 is 0 Å². The molecule has 6 nitrogen and oxygen atoms in total. The molecule has 0 saturated carbocycles. The van der Waals surface area contributed by atoms with Gasteiger partial charge in [-0.25, -0.2) is 12.3 Å². The van der Waals surface area contributed by atoms with Crippen molar-refractivity contribution < 1.29 is 19.5 Å². The van der Waals surface area contributed by atoms with Crippen molar-refractivity contribution in [1.82, 2.24) is 9.80 Å². The molecule has 7 heteroatoms. The fourth-order valence-electron chi connectivity index (χ4n) is 2.09. The summed E-state index contributed by atoms with van der Waals surface area (Å²) in [6.45, 7) is 20.4. The minimum absolute atomic E-state index is 0. The molecule has 0 aliphatic carbocycles. The Hall–Kier alpha value is 0.383. The van der Waals surface area contributed by atoms with E-state index in [2.05, 4.69) is 101 Å². The van der Waals surface area contributed by atoms with Crippen LogP contribution in [0.3, 0.4) is 0 Å². The molecule has 0 N–H and O–H groups in total. The zero-order valence-corrected chi connectivity index (χ0v) is 21.8. The summed E-state index contributed by atoms with van der Waals surface area (Å²) in [5.41, 5.74) is 0.0576. The SMILES string of the molecule is CC([N-]CCN(C)C)[N-]C(C)(C)C.CC([N-]CCN(C)C)[N-]C(C)(C)C.[Ru+2]. The normalized spacial score (nSPS) is 14.4. The van der Waals surface area contributed by atoms with Crippen molar-refractivity contribution in [1.29, 1.82) is 0 Å². The van der Waals surface area contributed by atoms with E-state index in [1.807, 2.05) is 13.8 Å². The van der Waals surface area contributed by atoms with Gasteiger partial charge in [-0.15, -0.1) is 38.0 Å². The van der Waals surface area contributed by atoms with Crippen molar-refractivity contribution in [3.8, 4) is 0 Å². The molecular formula is C20H46N6Ru-2. The molecule has 0 bridgehead atoms. The minimum Gasteiger partial charge on any atom is -0.677 e. The first-order valence-electron chi connectivity index (χ1n) is 9.69. The third kappa shape index (κ3) is 31.3. The fraction of sp³-hybridized carbons (Fsp3) is 1.00. The molecular weight excluding hydrogens is 425 g/mol. The Morgan fingerprint density at radius 2 is 0.889 bits per heavy atom. The molecule has 0 aliphatic heterocycles. The van der Waals surface area contributed by atoms with Crippen LogP contribution >= 0.6 is 0 Å². The summed E-state index contributed by atoms with van der Waals surface area (Å²) >= 11 is 0. The molecule has 0 aromatic carbocycles. The molecule has 0 amide bonds. The summed E-state index contributed by atoms with van der Waals surface area (Å²) in [4.78, 5) is 4.26. The van der Waals surface area contributed by atoms with Crippen molar-refractivity contribution >= 4 is 0 Å². The second-order valence-corrected chi connectivity index (χ2v) is 9.28. The Kier molecular flexibility index (Phi) is 19.2. The van der Waals surface area contributed by atoms with Crippen molar-refractivity contribution in [3.05, 3.63) is 21.3 Å². The smallest absolute Gasteiger partial charge is 0.677 e. The average molecular weight is 472 g/mol. The van der Waals surface area contributed by atoms with Crippen LogP contribution in [0.15, 0.2) is 0 Å². The third-order valence-corrected chi connectivity index (χ3v) is 3.03. The van der Waals surface area contributed by atoms with E-state index in [4.69, 9.17) is 0 Å². The van der Waals surface area contributed by atoms with Crippen LogP contribution in [0.1, 0.15) is 55.4 Å². The minimum atomic E-state index is 0. The molecule has 0 fully saturated rings.